The standard InChI is InChI=1S/C7H14N2O2/c1-4-7(9(10)11)5-8-6(2)3/h5-6,8H,4H2,1-3H3/b7-5+. The fourth-order valence-corrected chi connectivity index (χ4v) is 0.547. The van der Waals surface area contributed by atoms with E-state index in [2.05, 4.69) is 5.32 Å². The van der Waals surface area contributed by atoms with Gasteiger partial charge in [-0.15, -0.1) is 0 Å². The van der Waals surface area contributed by atoms with E-state index < -0.39 is 0 Å². The molecule has 0 amide bonds. The third-order valence-corrected chi connectivity index (χ3v) is 1.18. The highest BCUT2D eigenvalue weighted by Gasteiger charge is 2.05. The Morgan fingerprint density at radius 3 is 2.55 bits per heavy atom. The zero-order valence-corrected chi connectivity index (χ0v) is 7.13. The van der Waals surface area contributed by atoms with Gasteiger partial charge in [-0.05, 0) is 13.8 Å². The van der Waals surface area contributed by atoms with Gasteiger partial charge in [-0.3, -0.25) is 10.1 Å². The molecule has 11 heavy (non-hydrogen) atoms. The molecular formula is C7H14N2O2. The molecule has 0 aromatic heterocycles. The second-order valence-corrected chi connectivity index (χ2v) is 2.57. The van der Waals surface area contributed by atoms with Crippen LogP contribution in [0, 0.1) is 10.1 Å². The molecule has 4 nitrogen and oxygen atoms in total. The Hall–Kier alpha value is -1.06. The molecule has 0 saturated carbocycles. The minimum absolute atomic E-state index is 0.221. The van der Waals surface area contributed by atoms with Crippen molar-refractivity contribution >= 4 is 0 Å². The van der Waals surface area contributed by atoms with Crippen LogP contribution in [0.3, 0.4) is 0 Å². The summed E-state index contributed by atoms with van der Waals surface area (Å²) in [6, 6.07) is 0.247. The molecule has 0 saturated heterocycles. The van der Waals surface area contributed by atoms with Crippen molar-refractivity contribution in [3.8, 4) is 0 Å². The molecule has 0 atom stereocenters. The molecule has 0 aromatic rings. The molecule has 64 valence electrons. The second kappa shape index (κ2) is 4.71. The number of nitrogens with zero attached hydrogens (tertiary/aromatic N) is 1. The summed E-state index contributed by atoms with van der Waals surface area (Å²) in [6.45, 7) is 5.63. The Morgan fingerprint density at radius 2 is 2.27 bits per heavy atom. The third-order valence-electron chi connectivity index (χ3n) is 1.18. The molecule has 4 heteroatoms. The van der Waals surface area contributed by atoms with Gasteiger partial charge < -0.3 is 5.32 Å². The van der Waals surface area contributed by atoms with Crippen molar-refractivity contribution in [2.75, 3.05) is 0 Å². The Labute approximate surface area is 66.4 Å². The average Bonchev–Trinajstić information content (AvgIpc) is 1.87. The van der Waals surface area contributed by atoms with Crippen LogP contribution < -0.4 is 5.32 Å². The van der Waals surface area contributed by atoms with Crippen LogP contribution in [-0.2, 0) is 0 Å². The largest absolute Gasteiger partial charge is 0.384 e. The van der Waals surface area contributed by atoms with E-state index in [-0.39, 0.29) is 16.7 Å². The predicted molar refractivity (Wildman–Crippen MR) is 43.6 cm³/mol. The lowest BCUT2D eigenvalue weighted by Crippen LogP contribution is -2.17. The summed E-state index contributed by atoms with van der Waals surface area (Å²) in [5.41, 5.74) is 0.221. The molecule has 0 aromatic carbocycles. The van der Waals surface area contributed by atoms with Gasteiger partial charge in [-0.1, -0.05) is 6.92 Å². The quantitative estimate of drug-likeness (QED) is 0.498. The Morgan fingerprint density at radius 1 is 1.73 bits per heavy atom. The summed E-state index contributed by atoms with van der Waals surface area (Å²) >= 11 is 0. The normalized spacial score (nSPS) is 11.8. The van der Waals surface area contributed by atoms with Crippen LogP contribution in [0.1, 0.15) is 27.2 Å². The van der Waals surface area contributed by atoms with E-state index >= 15 is 0 Å². The molecule has 0 heterocycles. The first-order valence-electron chi connectivity index (χ1n) is 3.67. The van der Waals surface area contributed by atoms with E-state index in [1.54, 1.807) is 6.92 Å². The lowest BCUT2D eigenvalue weighted by Gasteiger charge is -2.02. The molecule has 0 bridgehead atoms. The van der Waals surface area contributed by atoms with Crippen LogP contribution in [0.4, 0.5) is 0 Å². The van der Waals surface area contributed by atoms with Crippen LogP contribution in [0.15, 0.2) is 11.9 Å². The summed E-state index contributed by atoms with van der Waals surface area (Å²) in [5, 5.41) is 13.1. The summed E-state index contributed by atoms with van der Waals surface area (Å²) in [7, 11) is 0. The van der Waals surface area contributed by atoms with Crippen LogP contribution >= 0.6 is 0 Å². The maximum absolute atomic E-state index is 10.2. The van der Waals surface area contributed by atoms with E-state index in [1.165, 1.54) is 6.20 Å². The van der Waals surface area contributed by atoms with Crippen LogP contribution in [0.2, 0.25) is 0 Å². The number of allylic oxidation sites excluding steroid dienone is 1. The Balaban J connectivity index is 4.02. The molecule has 0 rings (SSSR count). The van der Waals surface area contributed by atoms with E-state index in [1.807, 2.05) is 13.8 Å². The molecular weight excluding hydrogens is 144 g/mol. The molecule has 0 radical (unpaired) electrons. The van der Waals surface area contributed by atoms with Crippen molar-refractivity contribution in [1.29, 1.82) is 0 Å². The first-order valence-corrected chi connectivity index (χ1v) is 3.67. The van der Waals surface area contributed by atoms with Crippen molar-refractivity contribution in [2.24, 2.45) is 0 Å². The van der Waals surface area contributed by atoms with Crippen molar-refractivity contribution in [3.05, 3.63) is 22.0 Å². The number of hydrogen-bond acceptors (Lipinski definition) is 3. The van der Waals surface area contributed by atoms with Gasteiger partial charge in [-0.2, -0.15) is 0 Å². The van der Waals surface area contributed by atoms with Gasteiger partial charge in [0, 0.05) is 12.5 Å². The number of nitro groups is 1. The molecule has 0 aliphatic carbocycles. The Bertz CT molecular complexity index is 164. The predicted octanol–water partition coefficient (Wildman–Crippen LogP) is 1.51. The van der Waals surface area contributed by atoms with Crippen molar-refractivity contribution in [2.45, 2.75) is 33.2 Å². The molecule has 0 aliphatic rings. The fraction of sp³-hybridized carbons (Fsp3) is 0.714. The summed E-state index contributed by atoms with van der Waals surface area (Å²) < 4.78 is 0. The molecule has 0 spiro atoms. The van der Waals surface area contributed by atoms with E-state index in [0.29, 0.717) is 6.42 Å². The van der Waals surface area contributed by atoms with Crippen LogP contribution in [0.25, 0.3) is 0 Å². The SMILES string of the molecule is CC/C(=C\NC(C)C)[N+](=O)[O-]. The van der Waals surface area contributed by atoms with Gasteiger partial charge in [0.05, 0.1) is 11.1 Å². The van der Waals surface area contributed by atoms with Gasteiger partial charge in [0.1, 0.15) is 0 Å². The fourth-order valence-electron chi connectivity index (χ4n) is 0.547. The zero-order valence-electron chi connectivity index (χ0n) is 7.13. The van der Waals surface area contributed by atoms with Crippen LogP contribution in [0.5, 0.6) is 0 Å². The maximum atomic E-state index is 10.2. The summed E-state index contributed by atoms with van der Waals surface area (Å²) in [6.07, 6.45) is 1.91. The first-order chi connectivity index (χ1) is 5.07. The lowest BCUT2D eigenvalue weighted by molar-refractivity contribution is -0.428. The first kappa shape index (κ1) is 9.94. The highest BCUT2D eigenvalue weighted by atomic mass is 16.6. The lowest BCUT2D eigenvalue weighted by atomic mass is 10.3. The van der Waals surface area contributed by atoms with Gasteiger partial charge in [0.25, 0.3) is 5.70 Å². The third kappa shape index (κ3) is 4.36. The maximum Gasteiger partial charge on any atom is 0.261 e. The van der Waals surface area contributed by atoms with Gasteiger partial charge in [0.2, 0.25) is 0 Å². The van der Waals surface area contributed by atoms with Gasteiger partial charge >= 0.3 is 0 Å². The minimum atomic E-state index is -0.366. The number of hydrogen-bond donors (Lipinski definition) is 1. The van der Waals surface area contributed by atoms with Crippen molar-refractivity contribution in [3.63, 3.8) is 0 Å². The summed E-state index contributed by atoms with van der Waals surface area (Å²) in [4.78, 5) is 9.87. The van der Waals surface area contributed by atoms with Gasteiger partial charge in [-0.25, -0.2) is 0 Å². The number of nitrogens with one attached hydrogen (secondary N) is 1. The summed E-state index contributed by atoms with van der Waals surface area (Å²) in [5.74, 6) is 0. The molecule has 0 unspecified atom stereocenters. The van der Waals surface area contributed by atoms with Crippen LogP contribution in [-0.4, -0.2) is 11.0 Å². The van der Waals surface area contributed by atoms with Crippen molar-refractivity contribution in [1.82, 2.24) is 5.32 Å². The smallest absolute Gasteiger partial charge is 0.261 e. The molecule has 0 aliphatic heterocycles. The second-order valence-electron chi connectivity index (χ2n) is 2.57. The highest BCUT2D eigenvalue weighted by molar-refractivity contribution is 4.89. The van der Waals surface area contributed by atoms with E-state index in [4.69, 9.17) is 0 Å². The molecule has 1 N–H and O–H groups in total. The topological polar surface area (TPSA) is 55.2 Å². The number of rotatable bonds is 4. The van der Waals surface area contributed by atoms with Crippen molar-refractivity contribution < 1.29 is 4.92 Å². The monoisotopic (exact) mass is 158 g/mol. The highest BCUT2D eigenvalue weighted by Crippen LogP contribution is 1.98. The van der Waals surface area contributed by atoms with E-state index in [0.717, 1.165) is 0 Å². The Kier molecular flexibility index (Phi) is 4.26. The van der Waals surface area contributed by atoms with E-state index in [9.17, 15) is 10.1 Å². The molecule has 0 fully saturated rings. The zero-order chi connectivity index (χ0) is 8.85. The average molecular weight is 158 g/mol. The van der Waals surface area contributed by atoms with Gasteiger partial charge in [0.15, 0.2) is 0 Å². The minimum Gasteiger partial charge on any atom is -0.384 e.